The molecule has 0 saturated carbocycles. The summed E-state index contributed by atoms with van der Waals surface area (Å²) >= 11 is 0. The highest BCUT2D eigenvalue weighted by molar-refractivity contribution is 5.76. The third kappa shape index (κ3) is 2.57. The van der Waals surface area contributed by atoms with Crippen LogP contribution in [0.1, 0.15) is 36.4 Å². The molecule has 0 aliphatic rings. The van der Waals surface area contributed by atoms with E-state index in [4.69, 9.17) is 0 Å². The van der Waals surface area contributed by atoms with Gasteiger partial charge in [0.05, 0.1) is 11.0 Å². The molecule has 0 spiro atoms. The predicted molar refractivity (Wildman–Crippen MR) is 85.3 cm³/mol. The summed E-state index contributed by atoms with van der Waals surface area (Å²) in [7, 11) is 0. The van der Waals surface area contributed by atoms with Gasteiger partial charge in [0.25, 0.3) is 0 Å². The van der Waals surface area contributed by atoms with Crippen molar-refractivity contribution in [2.45, 2.75) is 32.9 Å². The van der Waals surface area contributed by atoms with Crippen LogP contribution in [0.25, 0.3) is 11.0 Å². The molecule has 3 heteroatoms. The van der Waals surface area contributed by atoms with E-state index in [0.29, 0.717) is 6.42 Å². The molecule has 0 aliphatic carbocycles. The third-order valence-electron chi connectivity index (χ3n) is 3.96. The molecule has 1 aromatic heterocycles. The maximum atomic E-state index is 10.3. The first-order valence-corrected chi connectivity index (χ1v) is 7.38. The molecule has 0 saturated heterocycles. The summed E-state index contributed by atoms with van der Waals surface area (Å²) in [4.78, 5) is 4.62. The van der Waals surface area contributed by atoms with Crippen molar-refractivity contribution in [1.82, 2.24) is 9.55 Å². The SMILES string of the molecule is CC[C@H](O)c1nc2ccccc2n1Cc1ccccc1C. The van der Waals surface area contributed by atoms with Gasteiger partial charge in [0, 0.05) is 6.54 Å². The van der Waals surface area contributed by atoms with E-state index in [1.165, 1.54) is 11.1 Å². The van der Waals surface area contributed by atoms with Crippen LogP contribution in [0.2, 0.25) is 0 Å². The maximum Gasteiger partial charge on any atom is 0.139 e. The molecule has 1 atom stereocenters. The molecule has 3 nitrogen and oxygen atoms in total. The van der Waals surface area contributed by atoms with Gasteiger partial charge in [-0.2, -0.15) is 0 Å². The Morgan fingerprint density at radius 2 is 1.81 bits per heavy atom. The second-order valence-corrected chi connectivity index (χ2v) is 5.40. The minimum atomic E-state index is -0.526. The Balaban J connectivity index is 2.13. The number of para-hydroxylation sites is 2. The van der Waals surface area contributed by atoms with E-state index in [1.54, 1.807) is 0 Å². The van der Waals surface area contributed by atoms with Gasteiger partial charge in [-0.25, -0.2) is 4.98 Å². The number of aliphatic hydroxyl groups excluding tert-OH is 1. The zero-order valence-electron chi connectivity index (χ0n) is 12.5. The summed E-state index contributed by atoms with van der Waals surface area (Å²) in [6.07, 6.45) is 0.137. The molecular formula is C18H20N2O. The van der Waals surface area contributed by atoms with E-state index in [1.807, 2.05) is 31.2 Å². The fourth-order valence-corrected chi connectivity index (χ4v) is 2.66. The molecule has 0 aliphatic heterocycles. The molecule has 0 bridgehead atoms. The smallest absolute Gasteiger partial charge is 0.139 e. The maximum absolute atomic E-state index is 10.3. The van der Waals surface area contributed by atoms with Crippen LogP contribution in [-0.2, 0) is 6.54 Å². The first-order valence-electron chi connectivity index (χ1n) is 7.38. The Morgan fingerprint density at radius 3 is 2.57 bits per heavy atom. The first-order chi connectivity index (χ1) is 10.2. The van der Waals surface area contributed by atoms with Gasteiger partial charge in [0.1, 0.15) is 11.9 Å². The van der Waals surface area contributed by atoms with Crippen LogP contribution >= 0.6 is 0 Å². The Labute approximate surface area is 124 Å². The monoisotopic (exact) mass is 280 g/mol. The van der Waals surface area contributed by atoms with Crippen LogP contribution < -0.4 is 0 Å². The Bertz CT molecular complexity index is 761. The lowest BCUT2D eigenvalue weighted by atomic mass is 10.1. The number of aryl methyl sites for hydroxylation is 1. The molecule has 2 aromatic carbocycles. The van der Waals surface area contributed by atoms with E-state index >= 15 is 0 Å². The van der Waals surface area contributed by atoms with Crippen molar-refractivity contribution in [2.75, 3.05) is 0 Å². The standard InChI is InChI=1S/C18H20N2O/c1-3-17(21)18-19-15-10-6-7-11-16(15)20(18)12-14-9-5-4-8-13(14)2/h4-11,17,21H,3,12H2,1-2H3/t17-/m0/s1. The van der Waals surface area contributed by atoms with Crippen molar-refractivity contribution in [3.05, 3.63) is 65.5 Å². The number of fused-ring (bicyclic) bond motifs is 1. The minimum Gasteiger partial charge on any atom is -0.385 e. The molecule has 0 fully saturated rings. The third-order valence-corrected chi connectivity index (χ3v) is 3.96. The van der Waals surface area contributed by atoms with E-state index in [2.05, 4.69) is 40.7 Å². The summed E-state index contributed by atoms with van der Waals surface area (Å²) in [6, 6.07) is 16.4. The first kappa shape index (κ1) is 13.8. The van der Waals surface area contributed by atoms with Crippen molar-refractivity contribution in [3.63, 3.8) is 0 Å². The molecule has 1 N–H and O–H groups in total. The summed E-state index contributed by atoms with van der Waals surface area (Å²) in [5, 5.41) is 10.3. The van der Waals surface area contributed by atoms with Crippen LogP contribution in [0.5, 0.6) is 0 Å². The zero-order chi connectivity index (χ0) is 14.8. The van der Waals surface area contributed by atoms with Gasteiger partial charge in [-0.15, -0.1) is 0 Å². The Morgan fingerprint density at radius 1 is 1.10 bits per heavy atom. The zero-order valence-corrected chi connectivity index (χ0v) is 12.5. The topological polar surface area (TPSA) is 38.1 Å². The van der Waals surface area contributed by atoms with Crippen molar-refractivity contribution in [1.29, 1.82) is 0 Å². The molecule has 0 unspecified atom stereocenters. The van der Waals surface area contributed by atoms with Crippen molar-refractivity contribution < 1.29 is 5.11 Å². The van der Waals surface area contributed by atoms with Gasteiger partial charge in [-0.1, -0.05) is 43.3 Å². The van der Waals surface area contributed by atoms with Gasteiger partial charge in [-0.05, 0) is 36.6 Å². The molecular weight excluding hydrogens is 260 g/mol. The van der Waals surface area contributed by atoms with Crippen molar-refractivity contribution in [3.8, 4) is 0 Å². The number of imidazole rings is 1. The summed E-state index contributed by atoms with van der Waals surface area (Å²) < 4.78 is 2.13. The van der Waals surface area contributed by atoms with E-state index in [0.717, 1.165) is 23.4 Å². The van der Waals surface area contributed by atoms with Crippen LogP contribution in [0.3, 0.4) is 0 Å². The molecule has 0 radical (unpaired) electrons. The Hall–Kier alpha value is -2.13. The molecule has 21 heavy (non-hydrogen) atoms. The highest BCUT2D eigenvalue weighted by atomic mass is 16.3. The van der Waals surface area contributed by atoms with Gasteiger partial charge < -0.3 is 9.67 Å². The van der Waals surface area contributed by atoms with Gasteiger partial charge in [-0.3, -0.25) is 0 Å². The lowest BCUT2D eigenvalue weighted by molar-refractivity contribution is 0.160. The largest absolute Gasteiger partial charge is 0.385 e. The normalized spacial score (nSPS) is 12.7. The number of aromatic nitrogens is 2. The fraction of sp³-hybridized carbons (Fsp3) is 0.278. The quantitative estimate of drug-likeness (QED) is 0.788. The van der Waals surface area contributed by atoms with Crippen LogP contribution in [0.15, 0.2) is 48.5 Å². The molecule has 108 valence electrons. The van der Waals surface area contributed by atoms with Crippen molar-refractivity contribution >= 4 is 11.0 Å². The average molecular weight is 280 g/mol. The summed E-state index contributed by atoms with van der Waals surface area (Å²) in [6.45, 7) is 4.83. The number of rotatable bonds is 4. The number of benzene rings is 2. The number of hydrogen-bond donors (Lipinski definition) is 1. The average Bonchev–Trinajstić information content (AvgIpc) is 2.88. The Kier molecular flexibility index (Phi) is 3.76. The fourth-order valence-electron chi connectivity index (χ4n) is 2.66. The summed E-state index contributed by atoms with van der Waals surface area (Å²) in [5.41, 5.74) is 4.52. The van der Waals surface area contributed by atoms with Crippen LogP contribution in [0.4, 0.5) is 0 Å². The second kappa shape index (κ2) is 5.70. The van der Waals surface area contributed by atoms with Gasteiger partial charge in [0.2, 0.25) is 0 Å². The van der Waals surface area contributed by atoms with Crippen LogP contribution in [0, 0.1) is 6.92 Å². The molecule has 3 aromatic rings. The second-order valence-electron chi connectivity index (χ2n) is 5.40. The summed E-state index contributed by atoms with van der Waals surface area (Å²) in [5.74, 6) is 0.752. The number of nitrogens with zero attached hydrogens (tertiary/aromatic N) is 2. The lowest BCUT2D eigenvalue weighted by Gasteiger charge is -2.14. The lowest BCUT2D eigenvalue weighted by Crippen LogP contribution is -2.10. The van der Waals surface area contributed by atoms with Crippen molar-refractivity contribution in [2.24, 2.45) is 0 Å². The number of hydrogen-bond acceptors (Lipinski definition) is 2. The molecule has 0 amide bonds. The van der Waals surface area contributed by atoms with Crippen LogP contribution in [-0.4, -0.2) is 14.7 Å². The highest BCUT2D eigenvalue weighted by Gasteiger charge is 2.17. The van der Waals surface area contributed by atoms with E-state index in [9.17, 15) is 5.11 Å². The minimum absolute atomic E-state index is 0.526. The highest BCUT2D eigenvalue weighted by Crippen LogP contribution is 2.24. The van der Waals surface area contributed by atoms with Gasteiger partial charge in [0.15, 0.2) is 0 Å². The molecule has 3 rings (SSSR count). The number of aliphatic hydroxyl groups is 1. The van der Waals surface area contributed by atoms with Gasteiger partial charge >= 0.3 is 0 Å². The molecule has 1 heterocycles. The van der Waals surface area contributed by atoms with E-state index < -0.39 is 6.10 Å². The predicted octanol–water partition coefficient (Wildman–Crippen LogP) is 3.84. The van der Waals surface area contributed by atoms with E-state index in [-0.39, 0.29) is 0 Å².